The van der Waals surface area contributed by atoms with Crippen molar-refractivity contribution in [2.45, 2.75) is 70.5 Å². The summed E-state index contributed by atoms with van der Waals surface area (Å²) in [6.45, 7) is 9.64. The molecule has 258 valence electrons. The average molecular weight is 680 g/mol. The fraction of sp³-hybridized carbons (Fsp3) is 0.417. The van der Waals surface area contributed by atoms with Crippen molar-refractivity contribution >= 4 is 29.5 Å². The van der Waals surface area contributed by atoms with Gasteiger partial charge in [-0.1, -0.05) is 24.3 Å². The van der Waals surface area contributed by atoms with Crippen molar-refractivity contribution in [3.8, 4) is 23.0 Å². The summed E-state index contributed by atoms with van der Waals surface area (Å²) in [5, 5.41) is 27.8. The number of aliphatic hydroxyl groups is 1. The van der Waals surface area contributed by atoms with Crippen LogP contribution < -0.4 is 24.8 Å². The highest BCUT2D eigenvalue weighted by Gasteiger charge is 2.49. The maximum atomic E-state index is 14.2. The van der Waals surface area contributed by atoms with E-state index in [1.54, 1.807) is 25.1 Å². The number of nitrogens with zero attached hydrogens (tertiary/aromatic N) is 1. The zero-order valence-corrected chi connectivity index (χ0v) is 29.5. The van der Waals surface area contributed by atoms with Gasteiger partial charge in [0, 0.05) is 22.4 Å². The molecule has 0 aromatic heterocycles. The van der Waals surface area contributed by atoms with Gasteiger partial charge in [0.1, 0.15) is 11.8 Å². The maximum absolute atomic E-state index is 14.2. The minimum absolute atomic E-state index is 0.0129. The molecule has 3 aromatic rings. The first kappa shape index (κ1) is 36.4. The lowest BCUT2D eigenvalue weighted by Gasteiger charge is -2.33. The predicted molar refractivity (Wildman–Crippen MR) is 185 cm³/mol. The SMILES string of the molecule is COc1cc(C[C@H](NC(=O)c2cccc(O)c2C)[C@H](O)C(=O)N2CSC(C)(C)C2C(=O)NCc2c(C)cccc2C)cc(OC)c1OC. The number of ether oxygens (including phenoxy) is 3. The molecule has 11 nitrogen and oxygen atoms in total. The largest absolute Gasteiger partial charge is 0.508 e. The number of phenols is 1. The molecule has 48 heavy (non-hydrogen) atoms. The molecule has 1 heterocycles. The first-order valence-corrected chi connectivity index (χ1v) is 16.6. The highest BCUT2D eigenvalue weighted by Crippen LogP contribution is 2.41. The van der Waals surface area contributed by atoms with Crippen molar-refractivity contribution < 1.29 is 38.8 Å². The standard InChI is InChI=1S/C36H45N3O8S/c1-20-11-9-12-21(2)25(20)18-37-34(43)32-36(4,5)48-19-39(32)35(44)30(41)26(38-33(42)24-13-10-14-27(40)22(24)3)15-23-16-28(45-6)31(47-8)29(17-23)46-7/h9-14,16-17,26,30,32,40-41H,15,18-19H2,1-8H3,(H,37,43)(H,38,42)/t26-,30-,32?/m0/s1. The number of methoxy groups -OCH3 is 3. The van der Waals surface area contributed by atoms with Gasteiger partial charge >= 0.3 is 0 Å². The third-order valence-electron chi connectivity index (χ3n) is 8.84. The minimum atomic E-state index is -1.74. The number of carbonyl (C=O) groups excluding carboxylic acids is 3. The Hall–Kier alpha value is -4.42. The molecule has 3 atom stereocenters. The van der Waals surface area contributed by atoms with E-state index in [0.29, 0.717) is 34.9 Å². The second-order valence-electron chi connectivity index (χ2n) is 12.4. The summed E-state index contributed by atoms with van der Waals surface area (Å²) in [6.07, 6.45) is -1.75. The van der Waals surface area contributed by atoms with E-state index in [9.17, 15) is 24.6 Å². The van der Waals surface area contributed by atoms with E-state index in [2.05, 4.69) is 10.6 Å². The van der Waals surface area contributed by atoms with Gasteiger partial charge in [-0.15, -0.1) is 11.8 Å². The number of aliphatic hydroxyl groups excluding tert-OH is 1. The molecule has 0 bridgehead atoms. The highest BCUT2D eigenvalue weighted by atomic mass is 32.2. The van der Waals surface area contributed by atoms with E-state index in [1.807, 2.05) is 45.9 Å². The zero-order chi connectivity index (χ0) is 35.3. The minimum Gasteiger partial charge on any atom is -0.508 e. The Labute approximate surface area is 286 Å². The molecule has 12 heteroatoms. The Kier molecular flexibility index (Phi) is 11.5. The van der Waals surface area contributed by atoms with Crippen LogP contribution >= 0.6 is 11.8 Å². The van der Waals surface area contributed by atoms with Gasteiger partial charge in [-0.25, -0.2) is 0 Å². The van der Waals surface area contributed by atoms with Crippen LogP contribution in [0.1, 0.15) is 52.0 Å². The van der Waals surface area contributed by atoms with E-state index in [0.717, 1.165) is 16.7 Å². The predicted octanol–water partition coefficient (Wildman–Crippen LogP) is 4.04. The molecule has 0 spiro atoms. The Morgan fingerprint density at radius 1 is 0.979 bits per heavy atom. The van der Waals surface area contributed by atoms with Gasteiger partial charge in [0.15, 0.2) is 17.6 Å². The molecular formula is C36H45N3O8S. The molecule has 4 N–H and O–H groups in total. The molecule has 0 aliphatic carbocycles. The van der Waals surface area contributed by atoms with E-state index < -0.39 is 34.7 Å². The summed E-state index contributed by atoms with van der Waals surface area (Å²) in [5.41, 5.74) is 4.21. The van der Waals surface area contributed by atoms with Crippen LogP contribution in [0.2, 0.25) is 0 Å². The lowest BCUT2D eigenvalue weighted by molar-refractivity contribution is -0.147. The van der Waals surface area contributed by atoms with Crippen LogP contribution in [-0.4, -0.2) is 83.0 Å². The van der Waals surface area contributed by atoms with Crippen molar-refractivity contribution in [1.82, 2.24) is 15.5 Å². The first-order valence-electron chi connectivity index (χ1n) is 15.6. The van der Waals surface area contributed by atoms with Gasteiger partial charge in [0.2, 0.25) is 11.7 Å². The molecule has 1 unspecified atom stereocenters. The molecule has 3 amide bonds. The number of thioether (sulfide) groups is 1. The van der Waals surface area contributed by atoms with Gasteiger partial charge < -0.3 is 40.0 Å². The number of aryl methyl sites for hydroxylation is 2. The van der Waals surface area contributed by atoms with Crippen LogP contribution in [0.15, 0.2) is 48.5 Å². The molecule has 1 aliphatic rings. The van der Waals surface area contributed by atoms with Gasteiger partial charge in [-0.05, 0) is 87.6 Å². The quantitative estimate of drug-likeness (QED) is 0.223. The Balaban J connectivity index is 1.66. The van der Waals surface area contributed by atoms with Gasteiger partial charge in [-0.3, -0.25) is 14.4 Å². The second kappa shape index (κ2) is 15.2. The summed E-state index contributed by atoms with van der Waals surface area (Å²) in [4.78, 5) is 42.9. The van der Waals surface area contributed by atoms with E-state index in [4.69, 9.17) is 14.2 Å². The zero-order valence-electron chi connectivity index (χ0n) is 28.7. The topological polar surface area (TPSA) is 147 Å². The average Bonchev–Trinajstić information content (AvgIpc) is 3.38. The fourth-order valence-electron chi connectivity index (χ4n) is 6.02. The molecule has 0 saturated carbocycles. The van der Waals surface area contributed by atoms with Crippen LogP contribution in [0.5, 0.6) is 23.0 Å². The number of rotatable bonds is 12. The summed E-state index contributed by atoms with van der Waals surface area (Å²) in [5.74, 6) is -0.444. The molecule has 4 rings (SSSR count). The van der Waals surface area contributed by atoms with Crippen LogP contribution in [0.3, 0.4) is 0 Å². The lowest BCUT2D eigenvalue weighted by Crippen LogP contribution is -2.58. The fourth-order valence-corrected chi connectivity index (χ4v) is 7.16. The maximum Gasteiger partial charge on any atom is 0.254 e. The van der Waals surface area contributed by atoms with Crippen molar-refractivity contribution in [3.05, 3.63) is 81.9 Å². The Morgan fingerprint density at radius 3 is 2.17 bits per heavy atom. The molecule has 1 saturated heterocycles. The molecule has 3 aromatic carbocycles. The van der Waals surface area contributed by atoms with Crippen molar-refractivity contribution in [2.24, 2.45) is 0 Å². The molecule has 1 fully saturated rings. The third-order valence-corrected chi connectivity index (χ3v) is 10.2. The van der Waals surface area contributed by atoms with E-state index >= 15 is 0 Å². The lowest BCUT2D eigenvalue weighted by atomic mass is 9.96. The molecule has 1 aliphatic heterocycles. The summed E-state index contributed by atoms with van der Waals surface area (Å²) < 4.78 is 15.8. The number of hydrogen-bond donors (Lipinski definition) is 4. The van der Waals surface area contributed by atoms with Crippen molar-refractivity contribution in [3.63, 3.8) is 0 Å². The van der Waals surface area contributed by atoms with E-state index in [-0.39, 0.29) is 29.5 Å². The van der Waals surface area contributed by atoms with Gasteiger partial charge in [-0.2, -0.15) is 0 Å². The number of carbonyl (C=O) groups is 3. The van der Waals surface area contributed by atoms with Crippen LogP contribution in [0, 0.1) is 20.8 Å². The third kappa shape index (κ3) is 7.65. The number of amides is 3. The highest BCUT2D eigenvalue weighted by molar-refractivity contribution is 8.00. The second-order valence-corrected chi connectivity index (χ2v) is 14.0. The van der Waals surface area contributed by atoms with Crippen molar-refractivity contribution in [1.29, 1.82) is 0 Å². The first-order chi connectivity index (χ1) is 22.7. The summed E-state index contributed by atoms with van der Waals surface area (Å²) in [6, 6.07) is 11.8. The Bertz CT molecular complexity index is 1630. The number of benzene rings is 3. The molecule has 0 radical (unpaired) electrons. The Morgan fingerprint density at radius 2 is 1.58 bits per heavy atom. The summed E-state index contributed by atoms with van der Waals surface area (Å²) in [7, 11) is 4.43. The van der Waals surface area contributed by atoms with E-state index in [1.165, 1.54) is 50.1 Å². The van der Waals surface area contributed by atoms with Crippen molar-refractivity contribution in [2.75, 3.05) is 27.2 Å². The van der Waals surface area contributed by atoms with Gasteiger partial charge in [0.25, 0.3) is 11.8 Å². The number of aromatic hydroxyl groups is 1. The smallest absolute Gasteiger partial charge is 0.254 e. The molecular weight excluding hydrogens is 634 g/mol. The summed E-state index contributed by atoms with van der Waals surface area (Å²) >= 11 is 1.43. The number of hydrogen-bond acceptors (Lipinski definition) is 9. The van der Waals surface area contributed by atoms with Gasteiger partial charge in [0.05, 0.1) is 33.2 Å². The van der Waals surface area contributed by atoms with Crippen LogP contribution in [0.25, 0.3) is 0 Å². The number of nitrogens with one attached hydrogen (secondary N) is 2. The van der Waals surface area contributed by atoms with Crippen LogP contribution in [0.4, 0.5) is 0 Å². The normalized spacial score (nSPS) is 16.5. The number of phenolic OH excluding ortho intramolecular Hbond substituents is 1. The van der Waals surface area contributed by atoms with Crippen LogP contribution in [-0.2, 0) is 22.6 Å². The monoisotopic (exact) mass is 679 g/mol.